The maximum absolute atomic E-state index is 11.9. The molecule has 1 aromatic rings. The van der Waals surface area contributed by atoms with E-state index in [0.29, 0.717) is 18.7 Å². The van der Waals surface area contributed by atoms with Crippen LogP contribution in [0.25, 0.3) is 0 Å². The molecule has 1 N–H and O–H groups in total. The summed E-state index contributed by atoms with van der Waals surface area (Å²) in [7, 11) is 0. The van der Waals surface area contributed by atoms with Gasteiger partial charge in [-0.1, -0.05) is 19.9 Å². The van der Waals surface area contributed by atoms with Gasteiger partial charge in [0, 0.05) is 5.56 Å². The lowest BCUT2D eigenvalue weighted by Crippen LogP contribution is -2.23. The molecule has 0 spiro atoms. The van der Waals surface area contributed by atoms with Gasteiger partial charge in [-0.2, -0.15) is 0 Å². The molecule has 3 heteroatoms. The highest BCUT2D eigenvalue weighted by atomic mass is 16.5. The van der Waals surface area contributed by atoms with E-state index in [2.05, 4.69) is 18.8 Å². The molecule has 0 aromatic heterocycles. The van der Waals surface area contributed by atoms with E-state index in [0.717, 1.165) is 30.7 Å². The smallest absolute Gasteiger partial charge is 0.176 e. The molecule has 0 heterocycles. The minimum atomic E-state index is 0.113. The molecule has 0 radical (unpaired) electrons. The van der Waals surface area contributed by atoms with Crippen LogP contribution < -0.4 is 10.1 Å². The Morgan fingerprint density at radius 2 is 2.00 bits per heavy atom. The van der Waals surface area contributed by atoms with Gasteiger partial charge in [0.25, 0.3) is 0 Å². The molecule has 0 aliphatic rings. The Labute approximate surface area is 115 Å². The topological polar surface area (TPSA) is 38.3 Å². The molecule has 19 heavy (non-hydrogen) atoms. The van der Waals surface area contributed by atoms with Crippen molar-refractivity contribution >= 4 is 5.78 Å². The Kier molecular flexibility index (Phi) is 6.90. The van der Waals surface area contributed by atoms with Crippen molar-refractivity contribution in [3.05, 3.63) is 42.0 Å². The van der Waals surface area contributed by atoms with Crippen molar-refractivity contribution in [2.45, 2.75) is 26.7 Å². The standard InChI is InChI=1S/C16H23NO2/c1-4-5-10-17-11-16(18)14-6-8-15(9-7-14)19-12-13(2)3/h6-9,17H,2,4-5,10-12H2,1,3H3. The zero-order valence-electron chi connectivity index (χ0n) is 11.9. The van der Waals surface area contributed by atoms with E-state index < -0.39 is 0 Å². The molecule has 0 unspecified atom stereocenters. The number of Topliss-reactive ketones (excluding diaryl/α,β-unsaturated/α-hetero) is 1. The molecule has 0 bridgehead atoms. The van der Waals surface area contributed by atoms with Gasteiger partial charge < -0.3 is 10.1 Å². The molecule has 0 atom stereocenters. The summed E-state index contributed by atoms with van der Waals surface area (Å²) in [6.07, 6.45) is 2.23. The van der Waals surface area contributed by atoms with Crippen LogP contribution in [0.1, 0.15) is 37.0 Å². The summed E-state index contributed by atoms with van der Waals surface area (Å²) in [6.45, 7) is 9.62. The molecule has 0 saturated heterocycles. The summed E-state index contributed by atoms with van der Waals surface area (Å²) in [5, 5.41) is 3.15. The Hall–Kier alpha value is -1.61. The summed E-state index contributed by atoms with van der Waals surface area (Å²) in [4.78, 5) is 11.9. The number of rotatable bonds is 9. The molecular weight excluding hydrogens is 238 g/mol. The van der Waals surface area contributed by atoms with E-state index in [1.165, 1.54) is 0 Å². The third-order valence-electron chi connectivity index (χ3n) is 2.65. The predicted molar refractivity (Wildman–Crippen MR) is 78.9 cm³/mol. The van der Waals surface area contributed by atoms with Crippen molar-refractivity contribution in [2.24, 2.45) is 0 Å². The Balaban J connectivity index is 2.42. The maximum Gasteiger partial charge on any atom is 0.176 e. The van der Waals surface area contributed by atoms with E-state index >= 15 is 0 Å². The highest BCUT2D eigenvalue weighted by Gasteiger charge is 2.05. The molecule has 104 valence electrons. The van der Waals surface area contributed by atoms with Gasteiger partial charge in [0.2, 0.25) is 0 Å². The number of carbonyl (C=O) groups is 1. The Morgan fingerprint density at radius 1 is 1.32 bits per heavy atom. The second kappa shape index (κ2) is 8.48. The quantitative estimate of drug-likeness (QED) is 0.421. The normalized spacial score (nSPS) is 10.2. The van der Waals surface area contributed by atoms with Crippen LogP contribution in [0, 0.1) is 0 Å². The van der Waals surface area contributed by atoms with Crippen molar-refractivity contribution in [1.29, 1.82) is 0 Å². The van der Waals surface area contributed by atoms with Crippen molar-refractivity contribution in [1.82, 2.24) is 5.32 Å². The zero-order valence-corrected chi connectivity index (χ0v) is 11.9. The maximum atomic E-state index is 11.9. The second-order valence-corrected chi connectivity index (χ2v) is 4.72. The third-order valence-corrected chi connectivity index (χ3v) is 2.65. The van der Waals surface area contributed by atoms with Gasteiger partial charge in [-0.05, 0) is 49.7 Å². The van der Waals surface area contributed by atoms with Crippen molar-refractivity contribution in [2.75, 3.05) is 19.7 Å². The van der Waals surface area contributed by atoms with Crippen molar-refractivity contribution in [3.8, 4) is 5.75 Å². The van der Waals surface area contributed by atoms with Crippen LogP contribution in [0.5, 0.6) is 5.75 Å². The average Bonchev–Trinajstić information content (AvgIpc) is 2.41. The van der Waals surface area contributed by atoms with Crippen LogP contribution in [0.2, 0.25) is 0 Å². The van der Waals surface area contributed by atoms with E-state index in [1.54, 1.807) is 12.1 Å². The van der Waals surface area contributed by atoms with Gasteiger partial charge >= 0.3 is 0 Å². The highest BCUT2D eigenvalue weighted by molar-refractivity contribution is 5.97. The fourth-order valence-corrected chi connectivity index (χ4v) is 1.55. The first-order valence-corrected chi connectivity index (χ1v) is 6.74. The monoisotopic (exact) mass is 261 g/mol. The molecule has 3 nitrogen and oxygen atoms in total. The molecule has 1 aromatic carbocycles. The van der Waals surface area contributed by atoms with Crippen molar-refractivity contribution in [3.63, 3.8) is 0 Å². The van der Waals surface area contributed by atoms with Crippen LogP contribution in [0.3, 0.4) is 0 Å². The Morgan fingerprint density at radius 3 is 2.58 bits per heavy atom. The first-order valence-electron chi connectivity index (χ1n) is 6.74. The minimum absolute atomic E-state index is 0.113. The summed E-state index contributed by atoms with van der Waals surface area (Å²) >= 11 is 0. The minimum Gasteiger partial charge on any atom is -0.489 e. The molecular formula is C16H23NO2. The lowest BCUT2D eigenvalue weighted by molar-refractivity contribution is 0.0991. The second-order valence-electron chi connectivity index (χ2n) is 4.72. The number of benzene rings is 1. The molecule has 0 fully saturated rings. The predicted octanol–water partition coefficient (Wildman–Crippen LogP) is 3.21. The van der Waals surface area contributed by atoms with Crippen LogP contribution in [0.4, 0.5) is 0 Å². The van der Waals surface area contributed by atoms with E-state index in [1.807, 2.05) is 19.1 Å². The molecule has 0 aliphatic carbocycles. The molecule has 1 rings (SSSR count). The van der Waals surface area contributed by atoms with Crippen LogP contribution in [-0.2, 0) is 0 Å². The number of carbonyl (C=O) groups excluding carboxylic acids is 1. The van der Waals surface area contributed by atoms with E-state index in [-0.39, 0.29) is 5.78 Å². The summed E-state index contributed by atoms with van der Waals surface area (Å²) in [6, 6.07) is 7.25. The Bertz CT molecular complexity index is 409. The first kappa shape index (κ1) is 15.4. The van der Waals surface area contributed by atoms with Crippen molar-refractivity contribution < 1.29 is 9.53 Å². The lowest BCUT2D eigenvalue weighted by Gasteiger charge is -2.07. The van der Waals surface area contributed by atoms with Gasteiger partial charge in [-0.15, -0.1) is 0 Å². The molecule has 0 saturated carbocycles. The number of ether oxygens (including phenoxy) is 1. The van der Waals surface area contributed by atoms with Gasteiger partial charge in [0.1, 0.15) is 12.4 Å². The fourth-order valence-electron chi connectivity index (χ4n) is 1.55. The summed E-state index contributed by atoms with van der Waals surface area (Å²) in [5.41, 5.74) is 1.69. The number of ketones is 1. The van der Waals surface area contributed by atoms with Gasteiger partial charge in [-0.3, -0.25) is 4.79 Å². The highest BCUT2D eigenvalue weighted by Crippen LogP contribution is 2.13. The third kappa shape index (κ3) is 6.20. The number of unbranched alkanes of at least 4 members (excludes halogenated alkanes) is 1. The van der Waals surface area contributed by atoms with Gasteiger partial charge in [-0.25, -0.2) is 0 Å². The first-order chi connectivity index (χ1) is 9.13. The summed E-state index contributed by atoms with van der Waals surface area (Å²) in [5.74, 6) is 0.876. The SMILES string of the molecule is C=C(C)COc1ccc(C(=O)CNCCCC)cc1. The summed E-state index contributed by atoms with van der Waals surface area (Å²) < 4.78 is 5.49. The van der Waals surface area contributed by atoms with E-state index in [9.17, 15) is 4.79 Å². The fraction of sp³-hybridized carbons (Fsp3) is 0.438. The largest absolute Gasteiger partial charge is 0.489 e. The molecule has 0 aliphatic heterocycles. The zero-order chi connectivity index (χ0) is 14.1. The van der Waals surface area contributed by atoms with Crippen LogP contribution in [-0.4, -0.2) is 25.5 Å². The number of hydrogen-bond donors (Lipinski definition) is 1. The number of hydrogen-bond acceptors (Lipinski definition) is 3. The van der Waals surface area contributed by atoms with Crippen LogP contribution in [0.15, 0.2) is 36.4 Å². The van der Waals surface area contributed by atoms with Gasteiger partial charge in [0.15, 0.2) is 5.78 Å². The van der Waals surface area contributed by atoms with Crippen LogP contribution >= 0.6 is 0 Å². The average molecular weight is 261 g/mol. The van der Waals surface area contributed by atoms with Gasteiger partial charge in [0.05, 0.1) is 6.54 Å². The number of nitrogens with one attached hydrogen (secondary N) is 1. The molecule has 0 amide bonds. The lowest BCUT2D eigenvalue weighted by atomic mass is 10.1. The van der Waals surface area contributed by atoms with E-state index in [4.69, 9.17) is 4.74 Å².